The number of carbonyl (C=O) groups is 1. The molecule has 31 heavy (non-hydrogen) atoms. The Hall–Kier alpha value is -3.44. The molecule has 3 aromatic rings. The van der Waals surface area contributed by atoms with Gasteiger partial charge in [-0.2, -0.15) is 0 Å². The first-order valence-electron chi connectivity index (χ1n) is 9.08. The molecule has 2 aromatic carbocycles. The molecule has 0 aliphatic rings. The number of carbonyl (C=O) groups excluding carboxylic acids is 1. The summed E-state index contributed by atoms with van der Waals surface area (Å²) in [5.41, 5.74) is 1.52. The number of nitrogens with one attached hydrogen (secondary N) is 3. The summed E-state index contributed by atoms with van der Waals surface area (Å²) in [5, 5.41) is 8.98. The zero-order valence-corrected chi connectivity index (χ0v) is 18.3. The van der Waals surface area contributed by atoms with Crippen LogP contribution in [0.1, 0.15) is 11.3 Å². The Balaban J connectivity index is 1.51. The van der Waals surface area contributed by atoms with E-state index in [4.69, 9.17) is 21.5 Å². The van der Waals surface area contributed by atoms with Crippen LogP contribution in [0, 0.1) is 13.8 Å². The number of benzene rings is 2. The zero-order chi connectivity index (χ0) is 22.4. The molecule has 0 unspecified atom stereocenters. The normalized spacial score (nSPS) is 10.9. The maximum atomic E-state index is 12.4. The molecule has 0 saturated carbocycles. The van der Waals surface area contributed by atoms with Crippen LogP contribution < -0.4 is 20.1 Å². The van der Waals surface area contributed by atoms with Crippen LogP contribution in [-0.4, -0.2) is 31.2 Å². The van der Waals surface area contributed by atoms with Crippen LogP contribution >= 0.6 is 12.2 Å². The van der Waals surface area contributed by atoms with Gasteiger partial charge in [0.1, 0.15) is 11.5 Å². The smallest absolute Gasteiger partial charge is 0.264 e. The molecule has 0 fully saturated rings. The third kappa shape index (κ3) is 6.52. The van der Waals surface area contributed by atoms with Crippen molar-refractivity contribution in [2.75, 3.05) is 16.6 Å². The molecule has 0 spiro atoms. The maximum Gasteiger partial charge on any atom is 0.264 e. The fourth-order valence-corrected chi connectivity index (χ4v) is 3.72. The molecule has 0 saturated heterocycles. The van der Waals surface area contributed by atoms with E-state index in [1.807, 2.05) is 25.1 Å². The Bertz CT molecular complexity index is 1190. The van der Waals surface area contributed by atoms with Gasteiger partial charge >= 0.3 is 0 Å². The van der Waals surface area contributed by atoms with E-state index < -0.39 is 15.9 Å². The average Bonchev–Trinajstić information content (AvgIpc) is 3.10. The molecule has 1 aromatic heterocycles. The average molecular weight is 461 g/mol. The molecular weight excluding hydrogens is 440 g/mol. The summed E-state index contributed by atoms with van der Waals surface area (Å²) in [7, 11) is -3.82. The van der Waals surface area contributed by atoms with Gasteiger partial charge in [0.2, 0.25) is 0 Å². The van der Waals surface area contributed by atoms with E-state index in [2.05, 4.69) is 20.5 Å². The van der Waals surface area contributed by atoms with E-state index in [1.54, 1.807) is 13.0 Å². The van der Waals surface area contributed by atoms with Crippen molar-refractivity contribution in [2.45, 2.75) is 18.7 Å². The molecule has 3 N–H and O–H groups in total. The molecule has 0 aliphatic heterocycles. The Labute approximate surface area is 184 Å². The van der Waals surface area contributed by atoms with Gasteiger partial charge in [0.05, 0.1) is 4.90 Å². The van der Waals surface area contributed by atoms with E-state index in [1.165, 1.54) is 30.3 Å². The highest BCUT2D eigenvalue weighted by Crippen LogP contribution is 2.18. The highest BCUT2D eigenvalue weighted by Gasteiger charge is 2.16. The van der Waals surface area contributed by atoms with Crippen molar-refractivity contribution in [2.24, 2.45) is 0 Å². The second-order valence-corrected chi connectivity index (χ2v) is 8.65. The van der Waals surface area contributed by atoms with Crippen LogP contribution in [0.3, 0.4) is 0 Å². The van der Waals surface area contributed by atoms with Crippen LogP contribution in [0.5, 0.6) is 5.75 Å². The number of amides is 1. The number of aromatic nitrogens is 1. The summed E-state index contributed by atoms with van der Waals surface area (Å²) in [5.74, 6) is 0.735. The standard InChI is InChI=1S/C20H20N4O5S2/c1-13-4-3-5-16(10-13)28-12-19(25)22-20(30)21-15-6-8-17(9-7-15)31(26,27)24-18-11-14(2)29-23-18/h3-11H,12H2,1-2H3,(H,23,24)(H2,21,22,25,30). The molecule has 3 rings (SSSR count). The first-order valence-corrected chi connectivity index (χ1v) is 11.0. The molecule has 162 valence electrons. The molecule has 0 aliphatic carbocycles. The number of hydrogen-bond acceptors (Lipinski definition) is 7. The number of nitrogens with zero attached hydrogens (tertiary/aromatic N) is 1. The quantitative estimate of drug-likeness (QED) is 0.460. The van der Waals surface area contributed by atoms with Gasteiger partial charge in [0.25, 0.3) is 15.9 Å². The van der Waals surface area contributed by atoms with Gasteiger partial charge < -0.3 is 14.6 Å². The Morgan fingerprint density at radius 3 is 2.52 bits per heavy atom. The van der Waals surface area contributed by atoms with E-state index >= 15 is 0 Å². The van der Waals surface area contributed by atoms with E-state index in [9.17, 15) is 13.2 Å². The summed E-state index contributed by atoms with van der Waals surface area (Å²) < 4.78 is 37.4. The molecule has 0 radical (unpaired) electrons. The fraction of sp³-hybridized carbons (Fsp3) is 0.150. The minimum atomic E-state index is -3.82. The molecule has 1 heterocycles. The minimum Gasteiger partial charge on any atom is -0.484 e. The Morgan fingerprint density at radius 2 is 1.87 bits per heavy atom. The molecule has 9 nitrogen and oxygen atoms in total. The molecular formula is C20H20N4O5S2. The third-order valence-electron chi connectivity index (χ3n) is 3.90. The fourth-order valence-electron chi connectivity index (χ4n) is 2.51. The van der Waals surface area contributed by atoms with Gasteiger partial charge in [-0.3, -0.25) is 14.8 Å². The maximum absolute atomic E-state index is 12.4. The summed E-state index contributed by atoms with van der Waals surface area (Å²) in [6.07, 6.45) is 0. The lowest BCUT2D eigenvalue weighted by atomic mass is 10.2. The number of thiocarbonyl (C=S) groups is 1. The predicted molar refractivity (Wildman–Crippen MR) is 120 cm³/mol. The second kappa shape index (κ2) is 9.58. The highest BCUT2D eigenvalue weighted by molar-refractivity contribution is 7.92. The van der Waals surface area contributed by atoms with Gasteiger partial charge in [-0.15, -0.1) is 0 Å². The van der Waals surface area contributed by atoms with Crippen molar-refractivity contribution in [3.8, 4) is 5.75 Å². The van der Waals surface area contributed by atoms with Gasteiger partial charge in [0.15, 0.2) is 17.5 Å². The minimum absolute atomic E-state index is 0.0280. The van der Waals surface area contributed by atoms with E-state index in [0.717, 1.165) is 5.56 Å². The van der Waals surface area contributed by atoms with Crippen LogP contribution in [0.25, 0.3) is 0 Å². The first kappa shape index (κ1) is 22.2. The number of hydrogen-bond donors (Lipinski definition) is 3. The predicted octanol–water partition coefficient (Wildman–Crippen LogP) is 2.98. The SMILES string of the molecule is Cc1cccc(OCC(=O)NC(=S)Nc2ccc(S(=O)(=O)Nc3cc(C)on3)cc2)c1. The van der Waals surface area contributed by atoms with E-state index in [-0.39, 0.29) is 22.4 Å². The van der Waals surface area contributed by atoms with Gasteiger partial charge in [-0.25, -0.2) is 8.42 Å². The van der Waals surface area contributed by atoms with E-state index in [0.29, 0.717) is 17.2 Å². The first-order chi connectivity index (χ1) is 14.7. The Kier molecular flexibility index (Phi) is 6.88. The number of rotatable bonds is 7. The summed E-state index contributed by atoms with van der Waals surface area (Å²) in [6.45, 7) is 3.38. The highest BCUT2D eigenvalue weighted by atomic mass is 32.2. The van der Waals surface area contributed by atoms with Crippen LogP contribution in [0.2, 0.25) is 0 Å². The van der Waals surface area contributed by atoms with Crippen molar-refractivity contribution in [3.63, 3.8) is 0 Å². The number of ether oxygens (including phenoxy) is 1. The number of anilines is 2. The van der Waals surface area contributed by atoms with Gasteiger partial charge in [-0.1, -0.05) is 17.3 Å². The zero-order valence-electron chi connectivity index (χ0n) is 16.7. The second-order valence-electron chi connectivity index (χ2n) is 6.56. The number of sulfonamides is 1. The lowest BCUT2D eigenvalue weighted by Gasteiger charge is -2.11. The van der Waals surface area contributed by atoms with Crippen LogP contribution in [-0.2, 0) is 14.8 Å². The lowest BCUT2D eigenvalue weighted by Crippen LogP contribution is -2.37. The van der Waals surface area contributed by atoms with Crippen molar-refractivity contribution >= 4 is 44.8 Å². The topological polar surface area (TPSA) is 123 Å². The largest absolute Gasteiger partial charge is 0.484 e. The lowest BCUT2D eigenvalue weighted by molar-refractivity contribution is -0.121. The molecule has 0 atom stereocenters. The van der Waals surface area contributed by atoms with Crippen LogP contribution in [0.4, 0.5) is 11.5 Å². The van der Waals surface area contributed by atoms with Gasteiger partial charge in [-0.05, 0) is 68.0 Å². The van der Waals surface area contributed by atoms with Crippen molar-refractivity contribution in [1.29, 1.82) is 0 Å². The van der Waals surface area contributed by atoms with Gasteiger partial charge in [0, 0.05) is 11.8 Å². The molecule has 11 heteroatoms. The molecule has 1 amide bonds. The molecule has 0 bridgehead atoms. The summed E-state index contributed by atoms with van der Waals surface area (Å²) in [4.78, 5) is 12.0. The third-order valence-corrected chi connectivity index (χ3v) is 5.48. The monoisotopic (exact) mass is 460 g/mol. The Morgan fingerprint density at radius 1 is 1.13 bits per heavy atom. The van der Waals surface area contributed by atoms with Crippen molar-refractivity contribution < 1.29 is 22.5 Å². The summed E-state index contributed by atoms with van der Waals surface area (Å²) >= 11 is 5.11. The number of aryl methyl sites for hydroxylation is 2. The van der Waals surface area contributed by atoms with Crippen molar-refractivity contribution in [3.05, 3.63) is 65.9 Å². The summed E-state index contributed by atoms with van der Waals surface area (Å²) in [6, 6.07) is 14.6. The van der Waals surface area contributed by atoms with Crippen molar-refractivity contribution in [1.82, 2.24) is 10.5 Å². The van der Waals surface area contributed by atoms with Crippen LogP contribution in [0.15, 0.2) is 64.0 Å².